The number of esters is 1. The summed E-state index contributed by atoms with van der Waals surface area (Å²) in [6, 6.07) is 11.6. The Hall–Kier alpha value is -2.73. The van der Waals surface area contributed by atoms with Crippen LogP contribution in [0.15, 0.2) is 42.5 Å². The van der Waals surface area contributed by atoms with Crippen LogP contribution in [0.2, 0.25) is 5.02 Å². The van der Waals surface area contributed by atoms with Crippen LogP contribution in [0, 0.1) is 0 Å². The van der Waals surface area contributed by atoms with Crippen LogP contribution < -0.4 is 14.8 Å². The minimum Gasteiger partial charge on any atom is -0.493 e. The van der Waals surface area contributed by atoms with E-state index in [1.54, 1.807) is 44.2 Å². The first kappa shape index (κ1) is 19.6. The van der Waals surface area contributed by atoms with E-state index in [0.29, 0.717) is 17.2 Å². The molecule has 2 aromatic rings. The zero-order chi connectivity index (χ0) is 19.1. The van der Waals surface area contributed by atoms with Gasteiger partial charge < -0.3 is 19.5 Å². The number of amides is 1. The maximum Gasteiger partial charge on any atom is 0.339 e. The number of carbonyl (C=O) groups is 2. The molecule has 1 atom stereocenters. The fourth-order valence-electron chi connectivity index (χ4n) is 2.17. The van der Waals surface area contributed by atoms with E-state index in [-0.39, 0.29) is 23.1 Å². The second-order valence-corrected chi connectivity index (χ2v) is 5.72. The Labute approximate surface area is 157 Å². The third kappa shape index (κ3) is 4.89. The number of halogens is 1. The summed E-state index contributed by atoms with van der Waals surface area (Å²) >= 11 is 6.01. The predicted molar refractivity (Wildman–Crippen MR) is 99.1 cm³/mol. The number of hydrogen-bond acceptors (Lipinski definition) is 5. The van der Waals surface area contributed by atoms with Gasteiger partial charge in [-0.3, -0.25) is 4.79 Å². The van der Waals surface area contributed by atoms with Crippen LogP contribution in [-0.4, -0.2) is 31.7 Å². The van der Waals surface area contributed by atoms with Gasteiger partial charge in [-0.25, -0.2) is 4.79 Å². The van der Waals surface area contributed by atoms with Gasteiger partial charge in [0.2, 0.25) is 0 Å². The Bertz CT molecular complexity index is 793. The summed E-state index contributed by atoms with van der Waals surface area (Å²) in [5.41, 5.74) is 0.600. The zero-order valence-corrected chi connectivity index (χ0v) is 15.5. The van der Waals surface area contributed by atoms with Crippen molar-refractivity contribution in [1.29, 1.82) is 0 Å². The van der Waals surface area contributed by atoms with E-state index in [0.717, 1.165) is 0 Å². The standard InChI is InChI=1S/C19H20ClNO5/c1-4-25-19(23)14-11-13(9-10-15(14)20)21-18(22)12(2)26-17-8-6-5-7-16(17)24-3/h5-12H,4H2,1-3H3,(H,21,22)/t12-/m1/s1. The predicted octanol–water partition coefficient (Wildman–Crippen LogP) is 3.93. The van der Waals surface area contributed by atoms with E-state index in [4.69, 9.17) is 25.8 Å². The smallest absolute Gasteiger partial charge is 0.339 e. The molecular formula is C19H20ClNO5. The van der Waals surface area contributed by atoms with Gasteiger partial charge in [0.25, 0.3) is 5.91 Å². The average molecular weight is 378 g/mol. The molecule has 0 saturated heterocycles. The summed E-state index contributed by atoms with van der Waals surface area (Å²) in [6.45, 7) is 3.55. The van der Waals surface area contributed by atoms with Gasteiger partial charge in [0, 0.05) is 5.69 Å². The van der Waals surface area contributed by atoms with Crippen molar-refractivity contribution in [1.82, 2.24) is 0 Å². The SMILES string of the molecule is CCOC(=O)c1cc(NC(=O)[C@@H](C)Oc2ccccc2OC)ccc1Cl. The molecule has 0 spiro atoms. The van der Waals surface area contributed by atoms with Crippen molar-refractivity contribution in [2.75, 3.05) is 19.0 Å². The molecule has 1 amide bonds. The van der Waals surface area contributed by atoms with E-state index < -0.39 is 12.1 Å². The first-order chi connectivity index (χ1) is 12.5. The van der Waals surface area contributed by atoms with Crippen LogP contribution >= 0.6 is 11.6 Å². The van der Waals surface area contributed by atoms with Crippen LogP contribution in [0.5, 0.6) is 11.5 Å². The lowest BCUT2D eigenvalue weighted by molar-refractivity contribution is -0.122. The number of anilines is 1. The molecule has 0 bridgehead atoms. The third-order valence-electron chi connectivity index (χ3n) is 3.47. The maximum atomic E-state index is 12.4. The first-order valence-electron chi connectivity index (χ1n) is 8.03. The molecule has 0 aliphatic heterocycles. The van der Waals surface area contributed by atoms with Crippen LogP contribution in [0.25, 0.3) is 0 Å². The fraction of sp³-hybridized carbons (Fsp3) is 0.263. The minimum absolute atomic E-state index is 0.185. The molecule has 138 valence electrons. The molecule has 0 radical (unpaired) electrons. The average Bonchev–Trinajstić information content (AvgIpc) is 2.63. The highest BCUT2D eigenvalue weighted by molar-refractivity contribution is 6.33. The molecule has 0 heterocycles. The van der Waals surface area contributed by atoms with Gasteiger partial charge in [-0.2, -0.15) is 0 Å². The summed E-state index contributed by atoms with van der Waals surface area (Å²) in [5, 5.41) is 2.94. The molecule has 0 saturated carbocycles. The highest BCUT2D eigenvalue weighted by Gasteiger charge is 2.18. The van der Waals surface area contributed by atoms with Crippen LogP contribution in [0.1, 0.15) is 24.2 Å². The van der Waals surface area contributed by atoms with Gasteiger partial charge in [0.1, 0.15) is 0 Å². The van der Waals surface area contributed by atoms with E-state index in [2.05, 4.69) is 5.32 Å². The molecule has 0 fully saturated rings. The number of nitrogens with one attached hydrogen (secondary N) is 1. The normalized spacial score (nSPS) is 11.4. The summed E-state index contributed by atoms with van der Waals surface area (Å²) in [7, 11) is 1.53. The van der Waals surface area contributed by atoms with Crippen LogP contribution in [0.3, 0.4) is 0 Å². The molecule has 0 aliphatic carbocycles. The van der Waals surface area contributed by atoms with Crippen LogP contribution in [0.4, 0.5) is 5.69 Å². The van der Waals surface area contributed by atoms with E-state index >= 15 is 0 Å². The Morgan fingerprint density at radius 3 is 2.50 bits per heavy atom. The third-order valence-corrected chi connectivity index (χ3v) is 3.80. The van der Waals surface area contributed by atoms with E-state index in [1.807, 2.05) is 0 Å². The molecule has 2 rings (SSSR count). The number of carbonyl (C=O) groups excluding carboxylic acids is 2. The lowest BCUT2D eigenvalue weighted by atomic mass is 10.2. The molecule has 2 aromatic carbocycles. The molecule has 0 aromatic heterocycles. The lowest BCUT2D eigenvalue weighted by Crippen LogP contribution is -2.30. The molecule has 0 unspecified atom stereocenters. The number of para-hydroxylation sites is 2. The van der Waals surface area contributed by atoms with Crippen molar-refractivity contribution in [2.24, 2.45) is 0 Å². The quantitative estimate of drug-likeness (QED) is 0.740. The van der Waals surface area contributed by atoms with Crippen LogP contribution in [-0.2, 0) is 9.53 Å². The van der Waals surface area contributed by atoms with Crippen molar-refractivity contribution >= 4 is 29.2 Å². The number of benzene rings is 2. The molecule has 26 heavy (non-hydrogen) atoms. The highest BCUT2D eigenvalue weighted by Crippen LogP contribution is 2.27. The Morgan fingerprint density at radius 1 is 1.15 bits per heavy atom. The number of ether oxygens (including phenoxy) is 3. The first-order valence-corrected chi connectivity index (χ1v) is 8.41. The van der Waals surface area contributed by atoms with Gasteiger partial charge in [-0.05, 0) is 44.2 Å². The molecule has 0 aliphatic rings. The van der Waals surface area contributed by atoms with Gasteiger partial charge in [0.05, 0.1) is 24.3 Å². The minimum atomic E-state index is -0.784. The Morgan fingerprint density at radius 2 is 1.85 bits per heavy atom. The summed E-state index contributed by atoms with van der Waals surface area (Å²) in [6.07, 6.45) is -0.784. The molecule has 6 nitrogen and oxygen atoms in total. The van der Waals surface area contributed by atoms with Crippen molar-refractivity contribution in [3.05, 3.63) is 53.1 Å². The summed E-state index contributed by atoms with van der Waals surface area (Å²) in [4.78, 5) is 24.3. The summed E-state index contributed by atoms with van der Waals surface area (Å²) < 4.78 is 15.8. The topological polar surface area (TPSA) is 73.9 Å². The molecular weight excluding hydrogens is 358 g/mol. The Kier molecular flexibility index (Phi) is 6.86. The van der Waals surface area contributed by atoms with Crippen molar-refractivity contribution in [2.45, 2.75) is 20.0 Å². The number of hydrogen-bond donors (Lipinski definition) is 1. The highest BCUT2D eigenvalue weighted by atomic mass is 35.5. The molecule has 7 heteroatoms. The van der Waals surface area contributed by atoms with E-state index in [9.17, 15) is 9.59 Å². The van der Waals surface area contributed by atoms with Gasteiger partial charge in [0.15, 0.2) is 17.6 Å². The Balaban J connectivity index is 2.09. The largest absolute Gasteiger partial charge is 0.493 e. The van der Waals surface area contributed by atoms with Gasteiger partial charge >= 0.3 is 5.97 Å². The van der Waals surface area contributed by atoms with Gasteiger partial charge in [-0.1, -0.05) is 23.7 Å². The van der Waals surface area contributed by atoms with E-state index in [1.165, 1.54) is 19.2 Å². The fourth-order valence-corrected chi connectivity index (χ4v) is 2.37. The zero-order valence-electron chi connectivity index (χ0n) is 14.7. The van der Waals surface area contributed by atoms with Crippen molar-refractivity contribution in [3.63, 3.8) is 0 Å². The number of rotatable bonds is 7. The maximum absolute atomic E-state index is 12.4. The van der Waals surface area contributed by atoms with Crippen molar-refractivity contribution in [3.8, 4) is 11.5 Å². The number of methoxy groups -OCH3 is 1. The molecule has 1 N–H and O–H groups in total. The lowest BCUT2D eigenvalue weighted by Gasteiger charge is -2.17. The monoisotopic (exact) mass is 377 g/mol. The second kappa shape index (κ2) is 9.10. The summed E-state index contributed by atoms with van der Waals surface area (Å²) in [5.74, 6) is 0.0594. The van der Waals surface area contributed by atoms with Gasteiger partial charge in [-0.15, -0.1) is 0 Å². The van der Waals surface area contributed by atoms with Crippen molar-refractivity contribution < 1.29 is 23.8 Å². The second-order valence-electron chi connectivity index (χ2n) is 5.32.